The highest BCUT2D eigenvalue weighted by Crippen LogP contribution is 2.24. The molecule has 0 radical (unpaired) electrons. The monoisotopic (exact) mass is 330 g/mol. The second kappa shape index (κ2) is 7.68. The molecule has 7 heteroatoms. The summed E-state index contributed by atoms with van der Waals surface area (Å²) in [6.07, 6.45) is -2.63. The van der Waals surface area contributed by atoms with Crippen molar-refractivity contribution in [3.8, 4) is 0 Å². The number of aliphatic hydroxyl groups is 1. The minimum Gasteiger partial charge on any atom is -0.394 e. The number of amides is 2. The average Bonchev–Trinajstić information content (AvgIpc) is 2.54. The standard InChI is InChI=1S/C16H21F3N2O2/c17-16(18,19)14(10-12-6-2-1-3-7-12)20-15(23)21-9-5-4-8-13(21)11-22/h1-3,6-7,13-14,22H,4-5,8-11H2,(H,20,23)/t13-,14+/m0/s1. The summed E-state index contributed by atoms with van der Waals surface area (Å²) in [6, 6.07) is 5.14. The summed E-state index contributed by atoms with van der Waals surface area (Å²) >= 11 is 0. The fourth-order valence-corrected chi connectivity index (χ4v) is 2.79. The van der Waals surface area contributed by atoms with Crippen LogP contribution in [-0.4, -0.2) is 47.4 Å². The van der Waals surface area contributed by atoms with Gasteiger partial charge in [0.1, 0.15) is 6.04 Å². The van der Waals surface area contributed by atoms with E-state index in [0.29, 0.717) is 18.5 Å². The number of urea groups is 1. The van der Waals surface area contributed by atoms with Crippen molar-refractivity contribution in [2.45, 2.75) is 43.9 Å². The predicted octanol–water partition coefficient (Wildman–Crippen LogP) is 2.72. The Morgan fingerprint density at radius 3 is 2.61 bits per heavy atom. The number of nitrogens with one attached hydrogen (secondary N) is 1. The van der Waals surface area contributed by atoms with Gasteiger partial charge in [0, 0.05) is 13.0 Å². The van der Waals surface area contributed by atoms with Crippen molar-refractivity contribution in [2.24, 2.45) is 0 Å². The first kappa shape index (κ1) is 17.6. The van der Waals surface area contributed by atoms with Gasteiger partial charge in [0.2, 0.25) is 0 Å². The van der Waals surface area contributed by atoms with Gasteiger partial charge in [0.15, 0.2) is 0 Å². The normalized spacial score (nSPS) is 20.2. The minimum absolute atomic E-state index is 0.233. The van der Waals surface area contributed by atoms with E-state index in [1.165, 1.54) is 4.90 Å². The lowest BCUT2D eigenvalue weighted by Gasteiger charge is -2.36. The van der Waals surface area contributed by atoms with Crippen molar-refractivity contribution in [1.29, 1.82) is 0 Å². The van der Waals surface area contributed by atoms with Gasteiger partial charge in [0.05, 0.1) is 12.6 Å². The highest BCUT2D eigenvalue weighted by Gasteiger charge is 2.42. The van der Waals surface area contributed by atoms with Crippen LogP contribution >= 0.6 is 0 Å². The van der Waals surface area contributed by atoms with Gasteiger partial charge in [-0.05, 0) is 24.8 Å². The number of aliphatic hydroxyl groups excluding tert-OH is 1. The Hall–Kier alpha value is -1.76. The average molecular weight is 330 g/mol. The molecule has 0 aromatic heterocycles. The maximum absolute atomic E-state index is 13.2. The molecular formula is C16H21F3N2O2. The van der Waals surface area contributed by atoms with Crippen LogP contribution in [0.2, 0.25) is 0 Å². The third-order valence-electron chi connectivity index (χ3n) is 4.07. The highest BCUT2D eigenvalue weighted by molar-refractivity contribution is 5.75. The summed E-state index contributed by atoms with van der Waals surface area (Å²) < 4.78 is 39.7. The molecule has 2 atom stereocenters. The highest BCUT2D eigenvalue weighted by atomic mass is 19.4. The molecule has 0 unspecified atom stereocenters. The second-order valence-corrected chi connectivity index (χ2v) is 5.76. The van der Waals surface area contributed by atoms with Crippen molar-refractivity contribution in [3.05, 3.63) is 35.9 Å². The van der Waals surface area contributed by atoms with Gasteiger partial charge in [-0.2, -0.15) is 13.2 Å². The zero-order chi connectivity index (χ0) is 16.9. The third-order valence-corrected chi connectivity index (χ3v) is 4.07. The Bertz CT molecular complexity index is 508. The van der Waals surface area contributed by atoms with E-state index in [0.717, 1.165) is 12.8 Å². The van der Waals surface area contributed by atoms with Crippen LogP contribution in [0.15, 0.2) is 30.3 Å². The van der Waals surface area contributed by atoms with Gasteiger partial charge in [0.25, 0.3) is 0 Å². The molecular weight excluding hydrogens is 309 g/mol. The van der Waals surface area contributed by atoms with Crippen LogP contribution in [-0.2, 0) is 6.42 Å². The third kappa shape index (κ3) is 4.86. The van der Waals surface area contributed by atoms with Gasteiger partial charge >= 0.3 is 12.2 Å². The smallest absolute Gasteiger partial charge is 0.394 e. The van der Waals surface area contributed by atoms with Crippen LogP contribution in [0.3, 0.4) is 0 Å². The number of piperidine rings is 1. The molecule has 1 fully saturated rings. The molecule has 2 N–H and O–H groups in total. The first-order valence-electron chi connectivity index (χ1n) is 7.70. The molecule has 1 heterocycles. The lowest BCUT2D eigenvalue weighted by atomic mass is 10.0. The van der Waals surface area contributed by atoms with Crippen molar-refractivity contribution >= 4 is 6.03 Å². The molecule has 1 aromatic carbocycles. The van der Waals surface area contributed by atoms with Gasteiger partial charge in [-0.25, -0.2) is 4.79 Å². The van der Waals surface area contributed by atoms with Crippen molar-refractivity contribution in [2.75, 3.05) is 13.2 Å². The Morgan fingerprint density at radius 2 is 2.00 bits per heavy atom. The summed E-state index contributed by atoms with van der Waals surface area (Å²) in [5, 5.41) is 11.4. The van der Waals surface area contributed by atoms with E-state index in [-0.39, 0.29) is 13.0 Å². The summed E-state index contributed by atoms with van der Waals surface area (Å²) in [5.74, 6) is 0. The van der Waals surface area contributed by atoms with Crippen LogP contribution in [0.25, 0.3) is 0 Å². The first-order valence-corrected chi connectivity index (χ1v) is 7.70. The number of hydrogen-bond acceptors (Lipinski definition) is 2. The fourth-order valence-electron chi connectivity index (χ4n) is 2.79. The molecule has 1 aliphatic rings. The Kier molecular flexibility index (Phi) is 5.87. The van der Waals surface area contributed by atoms with E-state index in [2.05, 4.69) is 5.32 Å². The number of likely N-dealkylation sites (tertiary alicyclic amines) is 1. The number of hydrogen-bond donors (Lipinski definition) is 2. The quantitative estimate of drug-likeness (QED) is 0.892. The van der Waals surface area contributed by atoms with E-state index in [1.54, 1.807) is 30.3 Å². The van der Waals surface area contributed by atoms with E-state index in [4.69, 9.17) is 0 Å². The van der Waals surface area contributed by atoms with Crippen molar-refractivity contribution in [1.82, 2.24) is 10.2 Å². The summed E-state index contributed by atoms with van der Waals surface area (Å²) in [6.45, 7) is 0.135. The molecule has 23 heavy (non-hydrogen) atoms. The lowest BCUT2D eigenvalue weighted by Crippen LogP contribution is -2.56. The Morgan fingerprint density at radius 1 is 1.30 bits per heavy atom. The molecule has 1 saturated heterocycles. The van der Waals surface area contributed by atoms with Gasteiger partial charge in [-0.3, -0.25) is 0 Å². The van der Waals surface area contributed by atoms with Gasteiger partial charge in [-0.15, -0.1) is 0 Å². The van der Waals surface area contributed by atoms with Crippen LogP contribution in [0.1, 0.15) is 24.8 Å². The maximum Gasteiger partial charge on any atom is 0.408 e. The zero-order valence-corrected chi connectivity index (χ0v) is 12.7. The van der Waals surface area contributed by atoms with Crippen molar-refractivity contribution in [3.63, 3.8) is 0 Å². The molecule has 0 bridgehead atoms. The Labute approximate surface area is 133 Å². The van der Waals surface area contributed by atoms with Gasteiger partial charge < -0.3 is 15.3 Å². The molecule has 1 aromatic rings. The Balaban J connectivity index is 2.06. The largest absolute Gasteiger partial charge is 0.408 e. The molecule has 2 rings (SSSR count). The molecule has 1 aliphatic heterocycles. The number of rotatable bonds is 4. The molecule has 128 valence electrons. The topological polar surface area (TPSA) is 52.6 Å². The zero-order valence-electron chi connectivity index (χ0n) is 12.7. The number of nitrogens with zero attached hydrogens (tertiary/aromatic N) is 1. The minimum atomic E-state index is -4.53. The van der Waals surface area contributed by atoms with E-state index in [9.17, 15) is 23.1 Å². The molecule has 0 saturated carbocycles. The van der Waals surface area contributed by atoms with Crippen LogP contribution in [0, 0.1) is 0 Å². The van der Waals surface area contributed by atoms with Gasteiger partial charge in [-0.1, -0.05) is 30.3 Å². The van der Waals surface area contributed by atoms with Crippen LogP contribution < -0.4 is 5.32 Å². The number of carbonyl (C=O) groups is 1. The number of benzene rings is 1. The first-order chi connectivity index (χ1) is 10.9. The van der Waals surface area contributed by atoms with E-state index >= 15 is 0 Å². The summed E-state index contributed by atoms with van der Waals surface area (Å²) in [4.78, 5) is 13.5. The number of alkyl halides is 3. The summed E-state index contributed by atoms with van der Waals surface area (Å²) in [7, 11) is 0. The second-order valence-electron chi connectivity index (χ2n) is 5.76. The molecule has 0 aliphatic carbocycles. The fraction of sp³-hybridized carbons (Fsp3) is 0.562. The molecule has 2 amide bonds. The molecule has 0 spiro atoms. The van der Waals surface area contributed by atoms with E-state index < -0.39 is 24.3 Å². The molecule has 4 nitrogen and oxygen atoms in total. The van der Waals surface area contributed by atoms with Crippen LogP contribution in [0.5, 0.6) is 0 Å². The maximum atomic E-state index is 13.2. The van der Waals surface area contributed by atoms with Crippen LogP contribution in [0.4, 0.5) is 18.0 Å². The SMILES string of the molecule is O=C(N[C@H](Cc1ccccc1)C(F)(F)F)N1CCCC[C@H]1CO. The van der Waals surface area contributed by atoms with Crippen molar-refractivity contribution < 1.29 is 23.1 Å². The van der Waals surface area contributed by atoms with E-state index in [1.807, 2.05) is 0 Å². The number of carbonyl (C=O) groups excluding carboxylic acids is 1. The number of halogens is 3. The lowest BCUT2D eigenvalue weighted by molar-refractivity contribution is -0.153. The predicted molar refractivity (Wildman–Crippen MR) is 80.0 cm³/mol. The summed E-state index contributed by atoms with van der Waals surface area (Å²) in [5.41, 5.74) is 0.507.